The van der Waals surface area contributed by atoms with Crippen molar-refractivity contribution in [2.45, 2.75) is 83.8 Å². The van der Waals surface area contributed by atoms with Crippen LogP contribution in [0.4, 0.5) is 0 Å². The van der Waals surface area contributed by atoms with E-state index in [0.717, 1.165) is 36.5 Å². The van der Waals surface area contributed by atoms with Gasteiger partial charge >= 0.3 is 0 Å². The summed E-state index contributed by atoms with van der Waals surface area (Å²) in [6.07, 6.45) is 11.1. The minimum atomic E-state index is -0.0559. The Morgan fingerprint density at radius 1 is 0.913 bits per heavy atom. The Balaban J connectivity index is 1.57. The highest BCUT2D eigenvalue weighted by Crippen LogP contribution is 2.66. The number of fused-ring (bicyclic) bond motifs is 5. The summed E-state index contributed by atoms with van der Waals surface area (Å²) >= 11 is 0. The minimum absolute atomic E-state index is 0.0559. The van der Waals surface area contributed by atoms with E-state index in [-0.39, 0.29) is 11.5 Å². The Kier molecular flexibility index (Phi) is 3.75. The van der Waals surface area contributed by atoms with Crippen molar-refractivity contribution in [3.8, 4) is 0 Å². The molecule has 4 saturated carbocycles. The maximum absolute atomic E-state index is 10.5. The van der Waals surface area contributed by atoms with E-state index >= 15 is 0 Å². The summed E-state index contributed by atoms with van der Waals surface area (Å²) in [5.41, 5.74) is 0.688. The van der Waals surface area contributed by atoms with Crippen molar-refractivity contribution in [1.82, 2.24) is 0 Å². The van der Waals surface area contributed by atoms with E-state index < -0.39 is 0 Å². The van der Waals surface area contributed by atoms with Crippen LogP contribution in [0.5, 0.6) is 0 Å². The van der Waals surface area contributed by atoms with Gasteiger partial charge in [-0.05, 0) is 92.3 Å². The van der Waals surface area contributed by atoms with Crippen molar-refractivity contribution < 1.29 is 5.11 Å². The Morgan fingerprint density at radius 3 is 2.43 bits per heavy atom. The lowest BCUT2D eigenvalue weighted by molar-refractivity contribution is -0.122. The third-order valence-electron chi connectivity index (χ3n) is 8.82. The van der Waals surface area contributed by atoms with E-state index in [1.54, 1.807) is 0 Å². The predicted molar refractivity (Wildman–Crippen MR) is 90.6 cm³/mol. The fraction of sp³-hybridized carbons (Fsp3) is 1.00. The van der Waals surface area contributed by atoms with Crippen LogP contribution in [0, 0.1) is 34.5 Å². The molecular weight excluding hydrogens is 286 g/mol. The number of aliphatic hydroxyl groups excluding tert-OH is 1. The van der Waals surface area contributed by atoms with Gasteiger partial charge in [-0.1, -0.05) is 19.1 Å². The number of hydrogen-bond acceptors (Lipinski definition) is 3. The zero-order valence-corrected chi connectivity index (χ0v) is 14.7. The summed E-state index contributed by atoms with van der Waals surface area (Å²) in [7, 11) is 0. The normalized spacial score (nSPS) is 56.1. The Labute approximate surface area is 140 Å². The van der Waals surface area contributed by atoms with Crippen molar-refractivity contribution in [3.05, 3.63) is 0 Å². The van der Waals surface area contributed by atoms with Crippen molar-refractivity contribution >= 4 is 0 Å². The number of nitrogens with two attached hydrogens (primary N) is 1. The van der Waals surface area contributed by atoms with Gasteiger partial charge in [0.1, 0.15) is 0 Å². The van der Waals surface area contributed by atoms with E-state index in [4.69, 9.17) is 5.84 Å². The second-order valence-electron chi connectivity index (χ2n) is 9.45. The summed E-state index contributed by atoms with van der Waals surface area (Å²) in [6.45, 7) is 4.94. The molecule has 0 aliphatic heterocycles. The second-order valence-corrected chi connectivity index (χ2v) is 9.45. The van der Waals surface area contributed by atoms with E-state index in [1.165, 1.54) is 44.9 Å². The van der Waals surface area contributed by atoms with Crippen LogP contribution in [-0.4, -0.2) is 17.3 Å². The molecule has 3 unspecified atom stereocenters. The fourth-order valence-corrected chi connectivity index (χ4v) is 7.41. The first kappa shape index (κ1) is 15.9. The number of aliphatic hydroxyl groups is 1. The quantitative estimate of drug-likeness (QED) is 0.434. The molecular formula is C19H33N3O. The van der Waals surface area contributed by atoms with Gasteiger partial charge in [0.2, 0.25) is 0 Å². The maximum atomic E-state index is 10.5. The van der Waals surface area contributed by atoms with Crippen molar-refractivity contribution in [3.63, 3.8) is 0 Å². The highest BCUT2D eigenvalue weighted by molar-refractivity contribution is 5.09. The molecule has 0 saturated heterocycles. The molecule has 4 aliphatic carbocycles. The van der Waals surface area contributed by atoms with Crippen LogP contribution in [0.2, 0.25) is 0 Å². The van der Waals surface area contributed by atoms with Crippen LogP contribution in [0.1, 0.15) is 71.6 Å². The van der Waals surface area contributed by atoms with Gasteiger partial charge in [-0.15, -0.1) is 0 Å². The minimum Gasteiger partial charge on any atom is -0.393 e. The van der Waals surface area contributed by atoms with Crippen LogP contribution in [0.3, 0.4) is 0 Å². The largest absolute Gasteiger partial charge is 0.393 e. The molecule has 0 bridgehead atoms. The van der Waals surface area contributed by atoms with Gasteiger partial charge in [-0.3, -0.25) is 0 Å². The first-order valence-electron chi connectivity index (χ1n) is 9.77. The Bertz CT molecular complexity index is 495. The summed E-state index contributed by atoms with van der Waals surface area (Å²) < 4.78 is 0. The lowest BCUT2D eigenvalue weighted by Crippen LogP contribution is -2.54. The Morgan fingerprint density at radius 2 is 1.65 bits per heavy atom. The van der Waals surface area contributed by atoms with Crippen LogP contribution in [0.15, 0.2) is 10.3 Å². The lowest BCUT2D eigenvalue weighted by atomic mass is 9.45. The van der Waals surface area contributed by atoms with Crippen LogP contribution < -0.4 is 5.84 Å². The van der Waals surface area contributed by atoms with E-state index in [0.29, 0.717) is 11.5 Å². The van der Waals surface area contributed by atoms with Crippen molar-refractivity contribution in [1.29, 1.82) is 0 Å². The molecule has 130 valence electrons. The Hall–Kier alpha value is -0.640. The molecule has 4 aliphatic rings. The van der Waals surface area contributed by atoms with Gasteiger partial charge in [0.15, 0.2) is 0 Å². The number of hydrogen-bond donors (Lipinski definition) is 2. The van der Waals surface area contributed by atoms with Crippen LogP contribution in [-0.2, 0) is 0 Å². The van der Waals surface area contributed by atoms with Gasteiger partial charge in [0.05, 0.1) is 12.1 Å². The average molecular weight is 319 g/mol. The van der Waals surface area contributed by atoms with Gasteiger partial charge in [0.25, 0.3) is 0 Å². The van der Waals surface area contributed by atoms with Crippen molar-refractivity contribution in [2.75, 3.05) is 0 Å². The molecule has 0 aromatic rings. The molecule has 4 fully saturated rings. The third kappa shape index (κ3) is 2.20. The zero-order chi connectivity index (χ0) is 16.2. The van der Waals surface area contributed by atoms with Crippen LogP contribution in [0.25, 0.3) is 0 Å². The summed E-state index contributed by atoms with van der Waals surface area (Å²) in [6, 6.07) is 0.358. The zero-order valence-electron chi connectivity index (χ0n) is 14.7. The standard InChI is InChI=1S/C19H33N3O/c1-18-9-7-13(21-22-20)11-12(18)3-4-14-15-5-6-17(23)19(15,2)10-8-16(14)18/h12-17,23H,3-11H2,1-2H3,(H2,20,21)/t12-,13+,14?,15?,16?,17+,18-,19-/m0/s1. The topological polar surface area (TPSA) is 71.0 Å². The SMILES string of the molecule is C[C@]12CCC3C(CC[C@H]4C[C@H](N=NN)CC[C@]34C)C1CC[C@H]2O. The first-order valence-corrected chi connectivity index (χ1v) is 9.77. The molecule has 0 aromatic heterocycles. The highest BCUT2D eigenvalue weighted by atomic mass is 16.3. The van der Waals surface area contributed by atoms with Crippen LogP contribution >= 0.6 is 0 Å². The monoisotopic (exact) mass is 319 g/mol. The highest BCUT2D eigenvalue weighted by Gasteiger charge is 2.60. The maximum Gasteiger partial charge on any atom is 0.0732 e. The van der Waals surface area contributed by atoms with Gasteiger partial charge in [-0.2, -0.15) is 5.11 Å². The van der Waals surface area contributed by atoms with E-state index in [2.05, 4.69) is 24.2 Å². The number of nitrogens with zero attached hydrogens (tertiary/aromatic N) is 2. The molecule has 3 N–H and O–H groups in total. The lowest BCUT2D eigenvalue weighted by Gasteiger charge is -2.60. The van der Waals surface area contributed by atoms with Gasteiger partial charge in [0, 0.05) is 0 Å². The summed E-state index contributed by atoms with van der Waals surface area (Å²) in [5, 5.41) is 18.3. The molecule has 4 rings (SSSR count). The molecule has 0 amide bonds. The predicted octanol–water partition coefficient (Wildman–Crippen LogP) is 4.08. The van der Waals surface area contributed by atoms with E-state index in [9.17, 15) is 5.11 Å². The molecule has 4 nitrogen and oxygen atoms in total. The smallest absolute Gasteiger partial charge is 0.0732 e. The second kappa shape index (κ2) is 5.44. The summed E-state index contributed by atoms with van der Waals surface area (Å²) in [5.74, 6) is 8.55. The van der Waals surface area contributed by atoms with E-state index in [1.807, 2.05) is 0 Å². The van der Waals surface area contributed by atoms with Crippen molar-refractivity contribution in [2.24, 2.45) is 50.7 Å². The first-order chi connectivity index (χ1) is 11.0. The number of rotatable bonds is 1. The van der Waals surface area contributed by atoms with Gasteiger partial charge < -0.3 is 10.9 Å². The molecule has 23 heavy (non-hydrogen) atoms. The molecule has 0 heterocycles. The average Bonchev–Trinajstić information content (AvgIpc) is 2.84. The summed E-state index contributed by atoms with van der Waals surface area (Å²) in [4.78, 5) is 0. The molecule has 8 atom stereocenters. The molecule has 0 spiro atoms. The fourth-order valence-electron chi connectivity index (χ4n) is 7.41. The third-order valence-corrected chi connectivity index (χ3v) is 8.82. The van der Waals surface area contributed by atoms with Gasteiger partial charge in [-0.25, -0.2) is 0 Å². The molecule has 0 radical (unpaired) electrons. The molecule has 0 aromatic carbocycles. The molecule has 4 heteroatoms.